The molecule has 3 aliphatic rings. The lowest BCUT2D eigenvalue weighted by Crippen LogP contribution is -2.53. The highest BCUT2D eigenvalue weighted by molar-refractivity contribution is 5.98. The number of rotatable bonds is 3. The zero-order valence-electron chi connectivity index (χ0n) is 17.3. The fourth-order valence-electron chi connectivity index (χ4n) is 5.55. The maximum atomic E-state index is 13.5. The summed E-state index contributed by atoms with van der Waals surface area (Å²) < 4.78 is 0. The molecule has 2 heterocycles. The maximum Gasteiger partial charge on any atom is 0.254 e. The van der Waals surface area contributed by atoms with Crippen LogP contribution in [0.1, 0.15) is 62.2 Å². The number of carbonyl (C=O) groups is 2. The first-order valence-electron chi connectivity index (χ1n) is 11.0. The molecule has 1 aliphatic carbocycles. The minimum absolute atomic E-state index is 0. The molecule has 1 saturated carbocycles. The van der Waals surface area contributed by atoms with Gasteiger partial charge in [0, 0.05) is 30.7 Å². The van der Waals surface area contributed by atoms with E-state index in [0.29, 0.717) is 17.4 Å². The van der Waals surface area contributed by atoms with Gasteiger partial charge < -0.3 is 15.5 Å². The van der Waals surface area contributed by atoms with Crippen LogP contribution in [-0.2, 0) is 4.79 Å². The molecule has 3 fully saturated rings. The largest absolute Gasteiger partial charge is 0.341 e. The quantitative estimate of drug-likeness (QED) is 0.815. The van der Waals surface area contributed by atoms with Crippen molar-refractivity contribution >= 4 is 24.2 Å². The minimum Gasteiger partial charge on any atom is -0.341 e. The van der Waals surface area contributed by atoms with Crippen molar-refractivity contribution in [2.24, 2.45) is 17.6 Å². The third kappa shape index (κ3) is 4.46. The molecule has 0 radical (unpaired) electrons. The van der Waals surface area contributed by atoms with Crippen molar-refractivity contribution in [1.29, 1.82) is 0 Å². The lowest BCUT2D eigenvalue weighted by Gasteiger charge is -2.39. The van der Waals surface area contributed by atoms with Gasteiger partial charge in [-0.05, 0) is 63.0 Å². The molecule has 2 N–H and O–H groups in total. The second-order valence-corrected chi connectivity index (χ2v) is 8.99. The van der Waals surface area contributed by atoms with E-state index in [2.05, 4.69) is 0 Å². The Labute approximate surface area is 180 Å². The molecule has 5 atom stereocenters. The second-order valence-electron chi connectivity index (χ2n) is 8.99. The van der Waals surface area contributed by atoms with Gasteiger partial charge >= 0.3 is 0 Å². The average Bonchev–Trinajstić information content (AvgIpc) is 3.13. The van der Waals surface area contributed by atoms with Crippen molar-refractivity contribution in [1.82, 2.24) is 9.80 Å². The van der Waals surface area contributed by atoms with Crippen LogP contribution in [0, 0.1) is 11.8 Å². The standard InChI is InChI=1S/C23H33N3O2.ClH/c1-16(24)19-11-7-13-25(15-19)23(28)21-14-18-10-5-6-12-20(18)26(21)22(27)17-8-3-2-4-9-17;/h2-4,8-9,16,18-21H,5-7,10-15,24H2,1H3;1H. The highest BCUT2D eigenvalue weighted by atomic mass is 35.5. The molecule has 0 bridgehead atoms. The van der Waals surface area contributed by atoms with Gasteiger partial charge in [-0.15, -0.1) is 12.4 Å². The van der Waals surface area contributed by atoms with Crippen molar-refractivity contribution in [2.45, 2.75) is 70.0 Å². The molecular weight excluding hydrogens is 386 g/mol. The van der Waals surface area contributed by atoms with E-state index in [0.717, 1.165) is 51.6 Å². The van der Waals surface area contributed by atoms with E-state index in [9.17, 15) is 9.59 Å². The molecule has 0 spiro atoms. The Bertz CT molecular complexity index is 711. The summed E-state index contributed by atoms with van der Waals surface area (Å²) >= 11 is 0. The van der Waals surface area contributed by atoms with Crippen LogP contribution in [0.3, 0.4) is 0 Å². The van der Waals surface area contributed by atoms with Gasteiger partial charge in [0.2, 0.25) is 5.91 Å². The first-order valence-corrected chi connectivity index (χ1v) is 11.0. The Hall–Kier alpha value is -1.59. The summed E-state index contributed by atoms with van der Waals surface area (Å²) in [6.45, 7) is 3.56. The van der Waals surface area contributed by atoms with E-state index < -0.39 is 0 Å². The number of piperidine rings is 1. The van der Waals surface area contributed by atoms with Crippen molar-refractivity contribution in [3.8, 4) is 0 Å². The number of benzene rings is 1. The maximum absolute atomic E-state index is 13.5. The molecule has 5 nitrogen and oxygen atoms in total. The van der Waals surface area contributed by atoms with Gasteiger partial charge in [0.1, 0.15) is 6.04 Å². The lowest BCUT2D eigenvalue weighted by atomic mass is 9.84. The third-order valence-electron chi connectivity index (χ3n) is 7.14. The molecule has 5 unspecified atom stereocenters. The summed E-state index contributed by atoms with van der Waals surface area (Å²) in [4.78, 5) is 30.9. The van der Waals surface area contributed by atoms with E-state index >= 15 is 0 Å². The summed E-state index contributed by atoms with van der Waals surface area (Å²) in [5.41, 5.74) is 6.82. The zero-order chi connectivity index (χ0) is 19.7. The number of nitrogens with two attached hydrogens (primary N) is 1. The summed E-state index contributed by atoms with van der Waals surface area (Å²) in [5, 5.41) is 0. The number of carbonyl (C=O) groups excluding carboxylic acids is 2. The smallest absolute Gasteiger partial charge is 0.254 e. The second kappa shape index (κ2) is 9.48. The lowest BCUT2D eigenvalue weighted by molar-refractivity contribution is -0.137. The Balaban J connectivity index is 0.00000240. The van der Waals surface area contributed by atoms with Crippen LogP contribution in [-0.4, -0.2) is 52.8 Å². The van der Waals surface area contributed by atoms with Crippen LogP contribution in [0.15, 0.2) is 30.3 Å². The first-order chi connectivity index (χ1) is 13.6. The Morgan fingerprint density at radius 3 is 2.52 bits per heavy atom. The Morgan fingerprint density at radius 1 is 1.07 bits per heavy atom. The molecule has 2 amide bonds. The summed E-state index contributed by atoms with van der Waals surface area (Å²) in [6.07, 6.45) is 7.43. The average molecular weight is 420 g/mol. The van der Waals surface area contributed by atoms with E-state index in [-0.39, 0.29) is 42.3 Å². The topological polar surface area (TPSA) is 66.6 Å². The molecule has 4 rings (SSSR count). The minimum atomic E-state index is -0.312. The number of hydrogen-bond acceptors (Lipinski definition) is 3. The molecule has 0 aromatic heterocycles. The molecule has 1 aromatic rings. The number of amides is 2. The number of hydrogen-bond donors (Lipinski definition) is 1. The number of fused-ring (bicyclic) bond motifs is 1. The molecule has 2 aliphatic heterocycles. The molecule has 1 aromatic carbocycles. The summed E-state index contributed by atoms with van der Waals surface area (Å²) in [5.74, 6) is 0.988. The predicted octanol–water partition coefficient (Wildman–Crippen LogP) is 3.47. The van der Waals surface area contributed by atoms with Crippen LogP contribution >= 0.6 is 12.4 Å². The highest BCUT2D eigenvalue weighted by Gasteiger charge is 2.48. The first kappa shape index (κ1) is 22.1. The van der Waals surface area contributed by atoms with Crippen LogP contribution in [0.25, 0.3) is 0 Å². The van der Waals surface area contributed by atoms with Crippen LogP contribution in [0.4, 0.5) is 0 Å². The van der Waals surface area contributed by atoms with Crippen LogP contribution in [0.5, 0.6) is 0 Å². The molecule has 29 heavy (non-hydrogen) atoms. The Kier molecular flexibility index (Phi) is 7.23. The SMILES string of the molecule is CC(N)C1CCCN(C(=O)C2CC3CCCCC3N2C(=O)c2ccccc2)C1.Cl. The predicted molar refractivity (Wildman–Crippen MR) is 117 cm³/mol. The van der Waals surface area contributed by atoms with E-state index in [1.54, 1.807) is 0 Å². The van der Waals surface area contributed by atoms with Crippen molar-refractivity contribution < 1.29 is 9.59 Å². The summed E-state index contributed by atoms with van der Waals surface area (Å²) in [6, 6.07) is 9.46. The van der Waals surface area contributed by atoms with Crippen molar-refractivity contribution in [3.05, 3.63) is 35.9 Å². The van der Waals surface area contributed by atoms with Gasteiger partial charge in [0.05, 0.1) is 0 Å². The number of halogens is 1. The van der Waals surface area contributed by atoms with E-state index in [4.69, 9.17) is 5.73 Å². The highest BCUT2D eigenvalue weighted by Crippen LogP contribution is 2.41. The molecule has 2 saturated heterocycles. The molecule has 6 heteroatoms. The Morgan fingerprint density at radius 2 is 1.79 bits per heavy atom. The van der Waals surface area contributed by atoms with Gasteiger partial charge in [-0.1, -0.05) is 31.0 Å². The van der Waals surface area contributed by atoms with Crippen LogP contribution < -0.4 is 5.73 Å². The van der Waals surface area contributed by atoms with E-state index in [1.807, 2.05) is 47.1 Å². The normalized spacial score (nSPS) is 30.3. The van der Waals surface area contributed by atoms with Gasteiger partial charge in [-0.2, -0.15) is 0 Å². The fraction of sp³-hybridized carbons (Fsp3) is 0.652. The van der Waals surface area contributed by atoms with Gasteiger partial charge in [0.15, 0.2) is 0 Å². The zero-order valence-corrected chi connectivity index (χ0v) is 18.2. The molecular formula is C23H34ClN3O2. The molecule has 160 valence electrons. The number of nitrogens with zero attached hydrogens (tertiary/aromatic N) is 2. The summed E-state index contributed by atoms with van der Waals surface area (Å²) in [7, 11) is 0. The van der Waals surface area contributed by atoms with E-state index in [1.165, 1.54) is 6.42 Å². The van der Waals surface area contributed by atoms with Gasteiger partial charge in [0.25, 0.3) is 5.91 Å². The van der Waals surface area contributed by atoms with Crippen molar-refractivity contribution in [3.63, 3.8) is 0 Å². The van der Waals surface area contributed by atoms with Crippen LogP contribution in [0.2, 0.25) is 0 Å². The van der Waals surface area contributed by atoms with Crippen molar-refractivity contribution in [2.75, 3.05) is 13.1 Å². The fourth-order valence-corrected chi connectivity index (χ4v) is 5.55. The monoisotopic (exact) mass is 419 g/mol. The third-order valence-corrected chi connectivity index (χ3v) is 7.14. The van der Waals surface area contributed by atoms with Gasteiger partial charge in [-0.25, -0.2) is 0 Å². The van der Waals surface area contributed by atoms with Gasteiger partial charge in [-0.3, -0.25) is 9.59 Å². The number of likely N-dealkylation sites (tertiary alicyclic amines) is 2.